The van der Waals surface area contributed by atoms with Crippen molar-refractivity contribution in [3.8, 4) is 0 Å². The Kier molecular flexibility index (Phi) is 6.04. The predicted octanol–water partition coefficient (Wildman–Crippen LogP) is -0.202. The minimum Gasteiger partial charge on any atom is -0.424 e. The van der Waals surface area contributed by atoms with E-state index in [1.54, 1.807) is 6.92 Å². The maximum Gasteiger partial charge on any atom is 0.537 e. The van der Waals surface area contributed by atoms with Crippen LogP contribution in [-0.4, -0.2) is 58.6 Å². The zero-order valence-corrected chi connectivity index (χ0v) is 13.8. The van der Waals surface area contributed by atoms with Crippen molar-refractivity contribution in [2.45, 2.75) is 38.9 Å². The summed E-state index contributed by atoms with van der Waals surface area (Å²) >= 11 is 0. The molecule has 0 spiro atoms. The van der Waals surface area contributed by atoms with Gasteiger partial charge in [-0.2, -0.15) is 0 Å². The maximum atomic E-state index is 11.9. The highest BCUT2D eigenvalue weighted by Gasteiger charge is 2.34. The third-order valence-corrected chi connectivity index (χ3v) is 3.37. The van der Waals surface area contributed by atoms with Crippen LogP contribution in [0.1, 0.15) is 32.6 Å². The van der Waals surface area contributed by atoms with E-state index >= 15 is 0 Å². The van der Waals surface area contributed by atoms with Gasteiger partial charge in [0.25, 0.3) is 29.9 Å². The van der Waals surface area contributed by atoms with Gasteiger partial charge in [-0.25, -0.2) is 9.59 Å². The average molecular weight is 368 g/mol. The van der Waals surface area contributed by atoms with E-state index in [0.29, 0.717) is 16.4 Å². The zero-order chi connectivity index (χ0) is 19.3. The first kappa shape index (κ1) is 19.1. The zero-order valence-electron chi connectivity index (χ0n) is 13.8. The van der Waals surface area contributed by atoms with Crippen LogP contribution in [0.2, 0.25) is 0 Å². The highest BCUT2D eigenvalue weighted by atomic mass is 16.9. The lowest BCUT2D eigenvalue weighted by atomic mass is 10.3. The Bertz CT molecular complexity index is 633. The SMILES string of the molecule is CCCC(OC(=O)CN1C(=O)C=CC1=O)OC(=O)ON1C(=O)CCC1=O. The summed E-state index contributed by atoms with van der Waals surface area (Å²) in [5.41, 5.74) is 0. The van der Waals surface area contributed by atoms with Crippen LogP contribution in [0, 0.1) is 0 Å². The molecule has 0 aromatic rings. The third-order valence-electron chi connectivity index (χ3n) is 3.37. The summed E-state index contributed by atoms with van der Waals surface area (Å²) < 4.78 is 9.70. The number of amides is 4. The van der Waals surface area contributed by atoms with Gasteiger partial charge in [-0.15, -0.1) is 0 Å². The lowest BCUT2D eigenvalue weighted by molar-refractivity contribution is -0.194. The quantitative estimate of drug-likeness (QED) is 0.340. The molecular formula is C15H16N2O9. The summed E-state index contributed by atoms with van der Waals surface area (Å²) in [4.78, 5) is 74.3. The Balaban J connectivity index is 1.87. The van der Waals surface area contributed by atoms with Crippen molar-refractivity contribution in [2.24, 2.45) is 0 Å². The third kappa shape index (κ3) is 4.65. The number of hydroxylamine groups is 2. The maximum absolute atomic E-state index is 11.9. The lowest BCUT2D eigenvalue weighted by Crippen LogP contribution is -2.38. The highest BCUT2D eigenvalue weighted by molar-refractivity contribution is 6.14. The number of nitrogens with zero attached hydrogens (tertiary/aromatic N) is 2. The first-order valence-corrected chi connectivity index (χ1v) is 7.79. The Morgan fingerprint density at radius 3 is 2.15 bits per heavy atom. The van der Waals surface area contributed by atoms with Crippen LogP contribution in [0.15, 0.2) is 12.2 Å². The van der Waals surface area contributed by atoms with E-state index in [4.69, 9.17) is 9.47 Å². The fourth-order valence-corrected chi connectivity index (χ4v) is 2.14. The molecule has 0 aromatic heterocycles. The number of esters is 1. The molecule has 2 rings (SSSR count). The molecule has 140 valence electrons. The van der Waals surface area contributed by atoms with Crippen LogP contribution in [0.4, 0.5) is 4.79 Å². The molecule has 2 heterocycles. The monoisotopic (exact) mass is 368 g/mol. The molecule has 0 aromatic carbocycles. The van der Waals surface area contributed by atoms with Crippen molar-refractivity contribution in [3.63, 3.8) is 0 Å². The van der Waals surface area contributed by atoms with Gasteiger partial charge >= 0.3 is 12.1 Å². The van der Waals surface area contributed by atoms with Gasteiger partial charge in [-0.05, 0) is 6.42 Å². The fourth-order valence-electron chi connectivity index (χ4n) is 2.14. The number of imide groups is 2. The van der Waals surface area contributed by atoms with E-state index in [2.05, 4.69) is 4.84 Å². The normalized spacial score (nSPS) is 17.7. The van der Waals surface area contributed by atoms with Gasteiger partial charge < -0.3 is 9.47 Å². The fraction of sp³-hybridized carbons (Fsp3) is 0.467. The Hall–Kier alpha value is -3.24. The molecule has 0 saturated carbocycles. The summed E-state index contributed by atoms with van der Waals surface area (Å²) in [5, 5.41) is 0.292. The second kappa shape index (κ2) is 8.23. The molecule has 0 radical (unpaired) electrons. The van der Waals surface area contributed by atoms with Crippen molar-refractivity contribution in [2.75, 3.05) is 6.54 Å². The molecule has 4 amide bonds. The molecule has 1 fully saturated rings. The van der Waals surface area contributed by atoms with Gasteiger partial charge in [0.2, 0.25) is 0 Å². The molecule has 11 heteroatoms. The van der Waals surface area contributed by atoms with E-state index in [1.165, 1.54) is 0 Å². The van der Waals surface area contributed by atoms with Crippen LogP contribution in [0.5, 0.6) is 0 Å². The Labute approximate surface area is 147 Å². The van der Waals surface area contributed by atoms with Gasteiger partial charge in [0.05, 0.1) is 0 Å². The molecule has 2 aliphatic heterocycles. The highest BCUT2D eigenvalue weighted by Crippen LogP contribution is 2.14. The Morgan fingerprint density at radius 2 is 1.62 bits per heavy atom. The van der Waals surface area contributed by atoms with E-state index in [1.807, 2.05) is 0 Å². The number of ether oxygens (including phenoxy) is 2. The lowest BCUT2D eigenvalue weighted by Gasteiger charge is -2.20. The first-order valence-electron chi connectivity index (χ1n) is 7.79. The molecule has 11 nitrogen and oxygen atoms in total. The topological polar surface area (TPSA) is 137 Å². The van der Waals surface area contributed by atoms with Crippen molar-refractivity contribution < 1.29 is 43.1 Å². The van der Waals surface area contributed by atoms with Gasteiger partial charge in [0.15, 0.2) is 0 Å². The first-order chi connectivity index (χ1) is 12.3. The molecule has 1 unspecified atom stereocenters. The number of hydrogen-bond acceptors (Lipinski definition) is 9. The molecule has 0 N–H and O–H groups in total. The largest absolute Gasteiger partial charge is 0.537 e. The molecular weight excluding hydrogens is 352 g/mol. The van der Waals surface area contributed by atoms with Crippen LogP contribution in [-0.2, 0) is 38.3 Å². The van der Waals surface area contributed by atoms with Crippen molar-refractivity contribution in [3.05, 3.63) is 12.2 Å². The number of carbonyl (C=O) groups excluding carboxylic acids is 6. The summed E-state index contributed by atoms with van der Waals surface area (Å²) in [6.45, 7) is 1.08. The molecule has 26 heavy (non-hydrogen) atoms. The summed E-state index contributed by atoms with van der Waals surface area (Å²) in [5.74, 6) is -3.67. The van der Waals surface area contributed by atoms with Gasteiger partial charge in [0, 0.05) is 31.4 Å². The average Bonchev–Trinajstić information content (AvgIpc) is 3.05. The second-order valence-corrected chi connectivity index (χ2v) is 5.35. The minimum absolute atomic E-state index is 0.0780. The van der Waals surface area contributed by atoms with Crippen LogP contribution >= 0.6 is 0 Å². The van der Waals surface area contributed by atoms with Crippen LogP contribution in [0.3, 0.4) is 0 Å². The second-order valence-electron chi connectivity index (χ2n) is 5.35. The summed E-state index contributed by atoms with van der Waals surface area (Å²) in [6, 6.07) is 0. The smallest absolute Gasteiger partial charge is 0.424 e. The molecule has 2 aliphatic rings. The number of carbonyl (C=O) groups is 6. The van der Waals surface area contributed by atoms with Gasteiger partial charge in [-0.1, -0.05) is 12.0 Å². The molecule has 1 saturated heterocycles. The number of hydrogen-bond donors (Lipinski definition) is 0. The summed E-state index contributed by atoms with van der Waals surface area (Å²) in [7, 11) is 0. The molecule has 0 aliphatic carbocycles. The van der Waals surface area contributed by atoms with E-state index in [-0.39, 0.29) is 19.3 Å². The summed E-state index contributed by atoms with van der Waals surface area (Å²) in [6.07, 6.45) is -0.340. The van der Waals surface area contributed by atoms with Crippen molar-refractivity contribution in [1.82, 2.24) is 9.96 Å². The van der Waals surface area contributed by atoms with E-state index in [0.717, 1.165) is 12.2 Å². The van der Waals surface area contributed by atoms with Gasteiger partial charge in [-0.3, -0.25) is 28.9 Å². The standard InChI is InChI=1S/C15H16N2O9/c1-2-3-14(24-13(22)8-16-9(18)4-5-10(16)19)25-15(23)26-17-11(20)6-7-12(17)21/h4-5,14H,2-3,6-8H2,1H3. The number of rotatable bonds is 7. The van der Waals surface area contributed by atoms with Crippen molar-refractivity contribution >= 4 is 35.8 Å². The van der Waals surface area contributed by atoms with Crippen LogP contribution in [0.25, 0.3) is 0 Å². The predicted molar refractivity (Wildman–Crippen MR) is 79.3 cm³/mol. The van der Waals surface area contributed by atoms with E-state index in [9.17, 15) is 28.8 Å². The minimum atomic E-state index is -1.39. The molecule has 1 atom stereocenters. The van der Waals surface area contributed by atoms with Crippen LogP contribution < -0.4 is 0 Å². The van der Waals surface area contributed by atoms with Gasteiger partial charge in [0.1, 0.15) is 6.54 Å². The molecule has 0 bridgehead atoms. The van der Waals surface area contributed by atoms with E-state index < -0.39 is 48.6 Å². The Morgan fingerprint density at radius 1 is 1.04 bits per heavy atom. The van der Waals surface area contributed by atoms with Crippen molar-refractivity contribution in [1.29, 1.82) is 0 Å².